The van der Waals surface area contributed by atoms with Gasteiger partial charge in [0.05, 0.1) is 13.1 Å². The topological polar surface area (TPSA) is 58.4 Å². The van der Waals surface area contributed by atoms with Crippen molar-refractivity contribution in [1.82, 2.24) is 10.2 Å². The first-order chi connectivity index (χ1) is 9.15. The van der Waals surface area contributed by atoms with E-state index in [0.717, 1.165) is 25.9 Å². The Morgan fingerprint density at radius 3 is 2.89 bits per heavy atom. The molecule has 19 heavy (non-hydrogen) atoms. The van der Waals surface area contributed by atoms with E-state index in [0.29, 0.717) is 19.0 Å². The molecule has 1 fully saturated rings. The van der Waals surface area contributed by atoms with Gasteiger partial charge in [-0.05, 0) is 50.2 Å². The maximum Gasteiger partial charge on any atom is 0.234 e. The zero-order valence-electron chi connectivity index (χ0n) is 11.5. The molecule has 0 saturated carbocycles. The highest BCUT2D eigenvalue weighted by molar-refractivity contribution is 7.09. The van der Waals surface area contributed by atoms with Crippen molar-refractivity contribution in [1.29, 1.82) is 0 Å². The van der Waals surface area contributed by atoms with E-state index in [4.69, 9.17) is 5.73 Å². The molecular formula is C14H23N3OS. The first-order valence-electron chi connectivity index (χ1n) is 6.92. The Balaban J connectivity index is 1.66. The third kappa shape index (κ3) is 4.60. The summed E-state index contributed by atoms with van der Waals surface area (Å²) in [7, 11) is 0. The highest BCUT2D eigenvalue weighted by Gasteiger charge is 2.22. The molecule has 1 aromatic rings. The highest BCUT2D eigenvalue weighted by atomic mass is 32.1. The second kappa shape index (κ2) is 7.03. The minimum atomic E-state index is 0.118. The molecule has 1 aliphatic rings. The summed E-state index contributed by atoms with van der Waals surface area (Å²) in [6.07, 6.45) is 2.21. The average molecular weight is 281 g/mol. The molecule has 1 aliphatic heterocycles. The summed E-state index contributed by atoms with van der Waals surface area (Å²) >= 11 is 1.67. The molecule has 1 amide bonds. The number of amides is 1. The summed E-state index contributed by atoms with van der Waals surface area (Å²) in [5.41, 5.74) is 5.92. The molecule has 106 valence electrons. The first-order valence-corrected chi connectivity index (χ1v) is 7.80. The van der Waals surface area contributed by atoms with Crippen molar-refractivity contribution in [2.24, 2.45) is 11.7 Å². The Hall–Kier alpha value is -0.910. The fourth-order valence-corrected chi connectivity index (χ4v) is 3.14. The summed E-state index contributed by atoms with van der Waals surface area (Å²) in [4.78, 5) is 15.3. The Kier molecular flexibility index (Phi) is 5.36. The SMILES string of the molecule is CC(N)C1CCN(CC(=O)NCc2cccs2)CC1. The minimum Gasteiger partial charge on any atom is -0.350 e. The molecule has 0 spiro atoms. The van der Waals surface area contributed by atoms with E-state index in [9.17, 15) is 4.79 Å². The highest BCUT2D eigenvalue weighted by Crippen LogP contribution is 2.19. The monoisotopic (exact) mass is 281 g/mol. The van der Waals surface area contributed by atoms with Gasteiger partial charge in [-0.15, -0.1) is 11.3 Å². The molecular weight excluding hydrogens is 258 g/mol. The lowest BCUT2D eigenvalue weighted by Crippen LogP contribution is -2.44. The maximum atomic E-state index is 11.8. The molecule has 2 rings (SSSR count). The van der Waals surface area contributed by atoms with Crippen LogP contribution in [0.15, 0.2) is 17.5 Å². The zero-order chi connectivity index (χ0) is 13.7. The summed E-state index contributed by atoms with van der Waals surface area (Å²) in [5, 5.41) is 5.00. The van der Waals surface area contributed by atoms with E-state index in [1.165, 1.54) is 4.88 Å². The van der Waals surface area contributed by atoms with Crippen LogP contribution in [0.4, 0.5) is 0 Å². The van der Waals surface area contributed by atoms with Gasteiger partial charge in [0.1, 0.15) is 0 Å². The molecule has 5 heteroatoms. The normalized spacial score (nSPS) is 19.3. The average Bonchev–Trinajstić information content (AvgIpc) is 2.90. The number of hydrogen-bond acceptors (Lipinski definition) is 4. The quantitative estimate of drug-likeness (QED) is 0.858. The van der Waals surface area contributed by atoms with Gasteiger partial charge in [0, 0.05) is 10.9 Å². The van der Waals surface area contributed by atoms with Gasteiger partial charge in [0.15, 0.2) is 0 Å². The molecule has 0 radical (unpaired) electrons. The second-order valence-electron chi connectivity index (χ2n) is 5.33. The van der Waals surface area contributed by atoms with Crippen molar-refractivity contribution in [3.63, 3.8) is 0 Å². The van der Waals surface area contributed by atoms with Gasteiger partial charge in [-0.1, -0.05) is 6.07 Å². The molecule has 3 N–H and O–H groups in total. The van der Waals surface area contributed by atoms with Crippen molar-refractivity contribution in [2.45, 2.75) is 32.4 Å². The lowest BCUT2D eigenvalue weighted by atomic mass is 9.91. The number of nitrogens with one attached hydrogen (secondary N) is 1. The maximum absolute atomic E-state index is 11.8. The van der Waals surface area contributed by atoms with E-state index in [-0.39, 0.29) is 11.9 Å². The fraction of sp³-hybridized carbons (Fsp3) is 0.643. The van der Waals surface area contributed by atoms with Crippen LogP contribution >= 0.6 is 11.3 Å². The summed E-state index contributed by atoms with van der Waals surface area (Å²) < 4.78 is 0. The van der Waals surface area contributed by atoms with E-state index >= 15 is 0 Å². The Bertz CT molecular complexity index is 383. The van der Waals surface area contributed by atoms with E-state index in [1.807, 2.05) is 17.5 Å². The molecule has 0 aromatic carbocycles. The predicted molar refractivity (Wildman–Crippen MR) is 79.0 cm³/mol. The van der Waals surface area contributed by atoms with Crippen molar-refractivity contribution in [2.75, 3.05) is 19.6 Å². The molecule has 0 bridgehead atoms. The van der Waals surface area contributed by atoms with E-state index < -0.39 is 0 Å². The summed E-state index contributed by atoms with van der Waals surface area (Å²) in [6.45, 7) is 5.20. The number of piperidine rings is 1. The molecule has 1 atom stereocenters. The van der Waals surface area contributed by atoms with Crippen LogP contribution in [0.5, 0.6) is 0 Å². The Morgan fingerprint density at radius 2 is 2.32 bits per heavy atom. The van der Waals surface area contributed by atoms with Gasteiger partial charge in [-0.3, -0.25) is 9.69 Å². The van der Waals surface area contributed by atoms with Crippen LogP contribution in [0, 0.1) is 5.92 Å². The lowest BCUT2D eigenvalue weighted by Gasteiger charge is -2.33. The van der Waals surface area contributed by atoms with Crippen molar-refractivity contribution in [3.05, 3.63) is 22.4 Å². The van der Waals surface area contributed by atoms with Crippen LogP contribution in [0.25, 0.3) is 0 Å². The number of carbonyl (C=O) groups excluding carboxylic acids is 1. The smallest absolute Gasteiger partial charge is 0.234 e. The Morgan fingerprint density at radius 1 is 1.58 bits per heavy atom. The second-order valence-corrected chi connectivity index (χ2v) is 6.36. The number of rotatable bonds is 5. The van der Waals surface area contributed by atoms with Crippen molar-refractivity contribution in [3.8, 4) is 0 Å². The molecule has 1 unspecified atom stereocenters. The molecule has 2 heterocycles. The first kappa shape index (κ1) is 14.5. The standard InChI is InChI=1S/C14H23N3OS/c1-11(15)12-4-6-17(7-5-12)10-14(18)16-9-13-3-2-8-19-13/h2-3,8,11-12H,4-7,9-10,15H2,1H3,(H,16,18). The number of nitrogens with two attached hydrogens (primary N) is 1. The van der Waals surface area contributed by atoms with Crippen LogP contribution in [-0.4, -0.2) is 36.5 Å². The summed E-state index contributed by atoms with van der Waals surface area (Å²) in [5.74, 6) is 0.734. The zero-order valence-corrected chi connectivity index (χ0v) is 12.3. The number of nitrogens with zero attached hydrogens (tertiary/aromatic N) is 1. The van der Waals surface area contributed by atoms with Crippen LogP contribution in [0.2, 0.25) is 0 Å². The fourth-order valence-electron chi connectivity index (χ4n) is 2.49. The molecule has 0 aliphatic carbocycles. The lowest BCUT2D eigenvalue weighted by molar-refractivity contribution is -0.122. The van der Waals surface area contributed by atoms with Gasteiger partial charge in [-0.25, -0.2) is 0 Å². The van der Waals surface area contributed by atoms with E-state index in [2.05, 4.69) is 17.1 Å². The van der Waals surface area contributed by atoms with Crippen molar-refractivity contribution < 1.29 is 4.79 Å². The number of carbonyl (C=O) groups is 1. The van der Waals surface area contributed by atoms with Crippen molar-refractivity contribution >= 4 is 17.2 Å². The third-order valence-electron chi connectivity index (χ3n) is 3.78. The Labute approximate surface area is 119 Å². The summed E-state index contributed by atoms with van der Waals surface area (Å²) in [6, 6.07) is 4.32. The third-order valence-corrected chi connectivity index (χ3v) is 4.66. The van der Waals surface area contributed by atoms with Crippen LogP contribution < -0.4 is 11.1 Å². The van der Waals surface area contributed by atoms with E-state index in [1.54, 1.807) is 11.3 Å². The van der Waals surface area contributed by atoms with Crippen LogP contribution in [-0.2, 0) is 11.3 Å². The molecule has 1 aromatic heterocycles. The molecule has 4 nitrogen and oxygen atoms in total. The van der Waals surface area contributed by atoms with Gasteiger partial charge >= 0.3 is 0 Å². The number of likely N-dealkylation sites (tertiary alicyclic amines) is 1. The largest absolute Gasteiger partial charge is 0.350 e. The molecule has 1 saturated heterocycles. The minimum absolute atomic E-state index is 0.118. The number of hydrogen-bond donors (Lipinski definition) is 2. The van der Waals surface area contributed by atoms with Crippen LogP contribution in [0.3, 0.4) is 0 Å². The predicted octanol–water partition coefficient (Wildman–Crippen LogP) is 1.42. The number of thiophene rings is 1. The van der Waals surface area contributed by atoms with Crippen LogP contribution in [0.1, 0.15) is 24.6 Å². The van der Waals surface area contributed by atoms with Gasteiger partial charge in [-0.2, -0.15) is 0 Å². The van der Waals surface area contributed by atoms with Gasteiger partial charge in [0.2, 0.25) is 5.91 Å². The van der Waals surface area contributed by atoms with Gasteiger partial charge in [0.25, 0.3) is 0 Å². The van der Waals surface area contributed by atoms with Gasteiger partial charge < -0.3 is 11.1 Å².